The Labute approximate surface area is 91.9 Å². The summed E-state index contributed by atoms with van der Waals surface area (Å²) in [4.78, 5) is 23.1. The summed E-state index contributed by atoms with van der Waals surface area (Å²) in [5, 5.41) is 13.0. The zero-order valence-electron chi connectivity index (χ0n) is 8.56. The van der Waals surface area contributed by atoms with Gasteiger partial charge in [-0.15, -0.1) is 11.3 Å². The molecule has 5 heteroatoms. The molecular formula is C10H13NO3S. The molecule has 15 heavy (non-hydrogen) atoms. The van der Waals surface area contributed by atoms with Gasteiger partial charge >= 0.3 is 5.97 Å². The summed E-state index contributed by atoms with van der Waals surface area (Å²) in [5.41, 5.74) is 0. The van der Waals surface area contributed by atoms with Crippen molar-refractivity contribution >= 4 is 23.2 Å². The fourth-order valence-corrected chi connectivity index (χ4v) is 1.85. The fourth-order valence-electron chi connectivity index (χ4n) is 1.07. The van der Waals surface area contributed by atoms with Gasteiger partial charge in [-0.25, -0.2) is 0 Å². The van der Waals surface area contributed by atoms with Gasteiger partial charge in [0.05, 0.1) is 5.92 Å². The summed E-state index contributed by atoms with van der Waals surface area (Å²) >= 11 is 1.49. The number of aliphatic carboxylic acids is 1. The number of amides is 1. The third-order valence-corrected chi connectivity index (χ3v) is 3.15. The molecule has 82 valence electrons. The molecule has 0 fully saturated rings. The molecule has 1 rings (SSSR count). The van der Waals surface area contributed by atoms with Crippen LogP contribution in [0.3, 0.4) is 0 Å². The van der Waals surface area contributed by atoms with Crippen LogP contribution in [0.5, 0.6) is 0 Å². The van der Waals surface area contributed by atoms with E-state index in [1.807, 2.05) is 17.5 Å². The highest BCUT2D eigenvalue weighted by Crippen LogP contribution is 2.20. The van der Waals surface area contributed by atoms with Crippen molar-refractivity contribution in [2.45, 2.75) is 25.8 Å². The number of carbonyl (C=O) groups excluding carboxylic acids is 1. The number of carboxylic acids is 1. The van der Waals surface area contributed by atoms with Crippen LogP contribution >= 0.6 is 11.3 Å². The molecule has 4 nitrogen and oxygen atoms in total. The molecule has 2 atom stereocenters. The molecule has 1 aromatic heterocycles. The molecule has 0 aliphatic heterocycles. The van der Waals surface area contributed by atoms with E-state index in [1.54, 1.807) is 6.92 Å². The number of nitrogens with one attached hydrogen (secondary N) is 1. The molecule has 1 heterocycles. The Hall–Kier alpha value is -1.36. The van der Waals surface area contributed by atoms with Crippen LogP contribution in [0.1, 0.15) is 24.6 Å². The predicted molar refractivity (Wildman–Crippen MR) is 58.0 cm³/mol. The third kappa shape index (κ3) is 3.06. The molecule has 1 amide bonds. The van der Waals surface area contributed by atoms with Crippen LogP contribution in [-0.2, 0) is 9.59 Å². The van der Waals surface area contributed by atoms with Gasteiger partial charge in [-0.1, -0.05) is 6.07 Å². The first kappa shape index (κ1) is 11.7. The second-order valence-corrected chi connectivity index (χ2v) is 4.28. The van der Waals surface area contributed by atoms with Gasteiger partial charge in [0.2, 0.25) is 5.91 Å². The van der Waals surface area contributed by atoms with Gasteiger partial charge in [0, 0.05) is 4.88 Å². The zero-order valence-corrected chi connectivity index (χ0v) is 9.38. The molecule has 0 bridgehead atoms. The summed E-state index contributed by atoms with van der Waals surface area (Å²) in [5.74, 6) is -1.58. The molecular weight excluding hydrogens is 214 g/mol. The first-order chi connectivity index (χ1) is 7.02. The number of rotatable bonds is 4. The van der Waals surface area contributed by atoms with E-state index < -0.39 is 12.0 Å². The number of hydrogen-bond donors (Lipinski definition) is 2. The lowest BCUT2D eigenvalue weighted by Crippen LogP contribution is -2.40. The van der Waals surface area contributed by atoms with Crippen LogP contribution in [0.15, 0.2) is 17.5 Å². The van der Waals surface area contributed by atoms with E-state index in [1.165, 1.54) is 18.3 Å². The summed E-state index contributed by atoms with van der Waals surface area (Å²) in [6.45, 7) is 3.21. The van der Waals surface area contributed by atoms with E-state index in [4.69, 9.17) is 5.11 Å². The maximum absolute atomic E-state index is 11.6. The van der Waals surface area contributed by atoms with E-state index >= 15 is 0 Å². The van der Waals surface area contributed by atoms with E-state index in [9.17, 15) is 9.59 Å². The summed E-state index contributed by atoms with van der Waals surface area (Å²) in [6.07, 6.45) is 0. The Morgan fingerprint density at radius 1 is 1.47 bits per heavy atom. The third-order valence-electron chi connectivity index (χ3n) is 2.09. The summed E-state index contributed by atoms with van der Waals surface area (Å²) < 4.78 is 0. The highest BCUT2D eigenvalue weighted by molar-refractivity contribution is 7.10. The van der Waals surface area contributed by atoms with Crippen LogP contribution in [-0.4, -0.2) is 23.0 Å². The van der Waals surface area contributed by atoms with E-state index in [-0.39, 0.29) is 11.8 Å². The van der Waals surface area contributed by atoms with Crippen molar-refractivity contribution in [3.05, 3.63) is 22.4 Å². The van der Waals surface area contributed by atoms with Crippen molar-refractivity contribution in [3.63, 3.8) is 0 Å². The maximum Gasteiger partial charge on any atom is 0.325 e. The smallest absolute Gasteiger partial charge is 0.325 e. The van der Waals surface area contributed by atoms with Crippen LogP contribution in [0, 0.1) is 0 Å². The molecule has 0 aromatic carbocycles. The van der Waals surface area contributed by atoms with Gasteiger partial charge in [-0.2, -0.15) is 0 Å². The summed E-state index contributed by atoms with van der Waals surface area (Å²) in [7, 11) is 0. The fraction of sp³-hybridized carbons (Fsp3) is 0.400. The molecule has 0 aliphatic rings. The van der Waals surface area contributed by atoms with Crippen LogP contribution < -0.4 is 5.32 Å². The lowest BCUT2D eigenvalue weighted by molar-refractivity contribution is -0.141. The van der Waals surface area contributed by atoms with Gasteiger partial charge in [0.1, 0.15) is 6.04 Å². The van der Waals surface area contributed by atoms with Gasteiger partial charge in [-0.05, 0) is 25.3 Å². The minimum atomic E-state index is -1.03. The Morgan fingerprint density at radius 3 is 2.60 bits per heavy atom. The average Bonchev–Trinajstić information content (AvgIpc) is 2.68. The van der Waals surface area contributed by atoms with Crippen molar-refractivity contribution in [3.8, 4) is 0 Å². The molecule has 0 aliphatic carbocycles. The van der Waals surface area contributed by atoms with Crippen LogP contribution in [0.2, 0.25) is 0 Å². The second-order valence-electron chi connectivity index (χ2n) is 3.31. The molecule has 0 spiro atoms. The first-order valence-corrected chi connectivity index (χ1v) is 5.47. The Kier molecular flexibility index (Phi) is 3.85. The van der Waals surface area contributed by atoms with Gasteiger partial charge in [0.25, 0.3) is 0 Å². The Morgan fingerprint density at radius 2 is 2.13 bits per heavy atom. The molecule has 0 radical (unpaired) electrons. The number of carboxylic acid groups (broad SMARTS) is 1. The van der Waals surface area contributed by atoms with Gasteiger partial charge < -0.3 is 10.4 Å². The minimum absolute atomic E-state index is 0.257. The van der Waals surface area contributed by atoms with E-state index in [0.717, 1.165) is 4.88 Å². The SMILES string of the molecule is CC(C(=O)N[C@@H](C)C(=O)O)c1cccs1. The second kappa shape index (κ2) is 4.93. The largest absolute Gasteiger partial charge is 0.480 e. The van der Waals surface area contributed by atoms with Gasteiger partial charge in [0.15, 0.2) is 0 Å². The normalized spacial score (nSPS) is 14.3. The molecule has 0 saturated carbocycles. The summed E-state index contributed by atoms with van der Waals surface area (Å²) in [6, 6.07) is 2.88. The topological polar surface area (TPSA) is 66.4 Å². The lowest BCUT2D eigenvalue weighted by Gasteiger charge is -2.13. The van der Waals surface area contributed by atoms with Crippen molar-refractivity contribution in [1.82, 2.24) is 5.32 Å². The first-order valence-electron chi connectivity index (χ1n) is 4.59. The monoisotopic (exact) mass is 227 g/mol. The molecule has 1 unspecified atom stereocenters. The van der Waals surface area contributed by atoms with E-state index in [0.29, 0.717) is 0 Å². The minimum Gasteiger partial charge on any atom is -0.480 e. The van der Waals surface area contributed by atoms with Crippen molar-refractivity contribution in [2.75, 3.05) is 0 Å². The number of carbonyl (C=O) groups is 2. The van der Waals surface area contributed by atoms with Crippen molar-refractivity contribution in [2.24, 2.45) is 0 Å². The highest BCUT2D eigenvalue weighted by Gasteiger charge is 2.20. The van der Waals surface area contributed by atoms with Crippen LogP contribution in [0.4, 0.5) is 0 Å². The Balaban J connectivity index is 2.58. The molecule has 1 aromatic rings. The van der Waals surface area contributed by atoms with E-state index in [2.05, 4.69) is 5.32 Å². The zero-order chi connectivity index (χ0) is 11.4. The maximum atomic E-state index is 11.6. The predicted octanol–water partition coefficient (Wildman–Crippen LogP) is 1.44. The van der Waals surface area contributed by atoms with Gasteiger partial charge in [-0.3, -0.25) is 9.59 Å². The average molecular weight is 227 g/mol. The number of thiophene rings is 1. The number of hydrogen-bond acceptors (Lipinski definition) is 3. The quantitative estimate of drug-likeness (QED) is 0.818. The van der Waals surface area contributed by atoms with Crippen molar-refractivity contribution in [1.29, 1.82) is 0 Å². The Bertz CT molecular complexity index is 348. The van der Waals surface area contributed by atoms with Crippen LogP contribution in [0.25, 0.3) is 0 Å². The van der Waals surface area contributed by atoms with Crippen molar-refractivity contribution < 1.29 is 14.7 Å². The molecule has 2 N–H and O–H groups in total. The molecule has 0 saturated heterocycles. The standard InChI is InChI=1S/C10H13NO3S/c1-6(8-4-3-5-15-8)9(12)11-7(2)10(13)14/h3-7H,1-2H3,(H,11,12)(H,13,14)/t6?,7-/m0/s1. The lowest BCUT2D eigenvalue weighted by atomic mass is 10.1. The highest BCUT2D eigenvalue weighted by atomic mass is 32.1.